The molecule has 0 radical (unpaired) electrons. The first-order chi connectivity index (χ1) is 13.1. The Labute approximate surface area is 158 Å². The van der Waals surface area contributed by atoms with Gasteiger partial charge in [0, 0.05) is 37.6 Å². The molecule has 1 aromatic carbocycles. The van der Waals surface area contributed by atoms with E-state index in [-0.39, 0.29) is 17.7 Å². The number of benzene rings is 1. The molecule has 3 heterocycles. The monoisotopic (exact) mass is 367 g/mol. The summed E-state index contributed by atoms with van der Waals surface area (Å²) in [6.45, 7) is 2.98. The molecule has 2 aliphatic heterocycles. The number of rotatable bonds is 5. The van der Waals surface area contributed by atoms with Crippen LogP contribution in [-0.4, -0.2) is 34.7 Å². The van der Waals surface area contributed by atoms with E-state index in [4.69, 9.17) is 5.73 Å². The average Bonchev–Trinajstić information content (AvgIpc) is 3.29. The highest BCUT2D eigenvalue weighted by Crippen LogP contribution is 2.23. The van der Waals surface area contributed by atoms with Gasteiger partial charge in [0.2, 0.25) is 5.91 Å². The number of anilines is 1. The van der Waals surface area contributed by atoms with Gasteiger partial charge in [-0.2, -0.15) is 5.10 Å². The van der Waals surface area contributed by atoms with Crippen molar-refractivity contribution in [1.29, 1.82) is 0 Å². The number of carbonyl (C=O) groups excluding carboxylic acids is 2. The van der Waals surface area contributed by atoms with Gasteiger partial charge in [0.05, 0.1) is 5.92 Å². The van der Waals surface area contributed by atoms with E-state index >= 15 is 0 Å². The van der Waals surface area contributed by atoms with Crippen molar-refractivity contribution < 1.29 is 9.59 Å². The van der Waals surface area contributed by atoms with E-state index in [2.05, 4.69) is 15.3 Å². The topological polar surface area (TPSA) is 93.3 Å². The molecule has 0 spiro atoms. The molecule has 27 heavy (non-hydrogen) atoms. The van der Waals surface area contributed by atoms with Gasteiger partial charge in [-0.05, 0) is 49.4 Å². The highest BCUT2D eigenvalue weighted by Gasteiger charge is 2.24. The van der Waals surface area contributed by atoms with Crippen molar-refractivity contribution in [2.45, 2.75) is 38.8 Å². The van der Waals surface area contributed by atoms with Gasteiger partial charge >= 0.3 is 0 Å². The lowest BCUT2D eigenvalue weighted by atomic mass is 9.97. The minimum absolute atomic E-state index is 0.0748. The molecular weight excluding hydrogens is 342 g/mol. The third kappa shape index (κ3) is 3.82. The summed E-state index contributed by atoms with van der Waals surface area (Å²) in [5.74, 6) is -0.431. The largest absolute Gasteiger partial charge is 0.371 e. The van der Waals surface area contributed by atoms with Crippen LogP contribution in [0.25, 0.3) is 0 Å². The lowest BCUT2D eigenvalue weighted by molar-refractivity contribution is -0.122. The molecule has 1 saturated heterocycles. The molecule has 2 aliphatic rings. The van der Waals surface area contributed by atoms with Crippen LogP contribution in [0.2, 0.25) is 0 Å². The standard InChI is InChI=1S/C20H25N5O2/c21-19(26)15-3-1-9-24(13-15)16-7-5-14(6-8-16)12-22-20(27)18-11-17-4-2-10-25(17)23-18/h5-8,11,15H,1-4,9-10,12-13H2,(H2,21,26)(H,22,27). The molecule has 2 aromatic rings. The number of hydrogen-bond acceptors (Lipinski definition) is 4. The Balaban J connectivity index is 1.33. The number of aryl methyl sites for hydroxylation is 2. The molecule has 7 heteroatoms. The molecule has 0 bridgehead atoms. The van der Waals surface area contributed by atoms with Gasteiger partial charge in [-0.1, -0.05) is 12.1 Å². The molecule has 1 unspecified atom stereocenters. The van der Waals surface area contributed by atoms with Crippen LogP contribution in [0.4, 0.5) is 5.69 Å². The zero-order valence-corrected chi connectivity index (χ0v) is 15.4. The van der Waals surface area contributed by atoms with E-state index in [0.29, 0.717) is 18.8 Å². The van der Waals surface area contributed by atoms with Crippen LogP contribution in [0, 0.1) is 5.92 Å². The third-order valence-electron chi connectivity index (χ3n) is 5.48. The predicted octanol–water partition coefficient (Wildman–Crippen LogP) is 1.46. The van der Waals surface area contributed by atoms with E-state index in [1.54, 1.807) is 0 Å². The Kier molecular flexibility index (Phi) is 4.83. The van der Waals surface area contributed by atoms with Crippen LogP contribution in [0.1, 0.15) is 41.0 Å². The van der Waals surface area contributed by atoms with Gasteiger partial charge in [0.25, 0.3) is 5.91 Å². The molecule has 0 aliphatic carbocycles. The quantitative estimate of drug-likeness (QED) is 0.837. The Bertz CT molecular complexity index is 821. The summed E-state index contributed by atoms with van der Waals surface area (Å²) in [6, 6.07) is 9.98. The summed E-state index contributed by atoms with van der Waals surface area (Å²) in [4.78, 5) is 25.9. The zero-order chi connectivity index (χ0) is 18.8. The Hall–Kier alpha value is -2.83. The first-order valence-corrected chi connectivity index (χ1v) is 9.58. The molecular formula is C20H25N5O2. The van der Waals surface area contributed by atoms with E-state index in [1.165, 1.54) is 0 Å². The third-order valence-corrected chi connectivity index (χ3v) is 5.48. The van der Waals surface area contributed by atoms with Crippen LogP contribution in [-0.2, 0) is 24.3 Å². The fourth-order valence-corrected chi connectivity index (χ4v) is 3.91. The van der Waals surface area contributed by atoms with E-state index < -0.39 is 0 Å². The smallest absolute Gasteiger partial charge is 0.272 e. The summed E-state index contributed by atoms with van der Waals surface area (Å²) in [5, 5.41) is 7.30. The number of aromatic nitrogens is 2. The SMILES string of the molecule is NC(=O)C1CCCN(c2ccc(CNC(=O)c3cc4n(n3)CCC4)cc2)C1. The summed E-state index contributed by atoms with van der Waals surface area (Å²) in [5.41, 5.74) is 9.20. The molecule has 1 aromatic heterocycles. The second-order valence-corrected chi connectivity index (χ2v) is 7.38. The molecule has 1 fully saturated rings. The summed E-state index contributed by atoms with van der Waals surface area (Å²) in [7, 11) is 0. The van der Waals surface area contributed by atoms with Crippen molar-refractivity contribution in [1.82, 2.24) is 15.1 Å². The molecule has 7 nitrogen and oxygen atoms in total. The van der Waals surface area contributed by atoms with Crippen molar-refractivity contribution >= 4 is 17.5 Å². The minimum atomic E-state index is -0.218. The lowest BCUT2D eigenvalue weighted by Gasteiger charge is -2.33. The second kappa shape index (κ2) is 7.42. The van der Waals surface area contributed by atoms with Gasteiger partial charge < -0.3 is 16.0 Å². The highest BCUT2D eigenvalue weighted by atomic mass is 16.2. The van der Waals surface area contributed by atoms with Gasteiger partial charge in [0.15, 0.2) is 0 Å². The average molecular weight is 367 g/mol. The molecule has 4 rings (SSSR count). The number of nitrogens with one attached hydrogen (secondary N) is 1. The van der Waals surface area contributed by atoms with Crippen LogP contribution in [0.15, 0.2) is 30.3 Å². The fraction of sp³-hybridized carbons (Fsp3) is 0.450. The van der Waals surface area contributed by atoms with Crippen LogP contribution in [0.5, 0.6) is 0 Å². The normalized spacial score (nSPS) is 19.0. The van der Waals surface area contributed by atoms with Gasteiger partial charge in [-0.25, -0.2) is 0 Å². The summed E-state index contributed by atoms with van der Waals surface area (Å²) < 4.78 is 1.92. The first-order valence-electron chi connectivity index (χ1n) is 9.58. The molecule has 1 atom stereocenters. The first kappa shape index (κ1) is 17.6. The second-order valence-electron chi connectivity index (χ2n) is 7.38. The lowest BCUT2D eigenvalue weighted by Crippen LogP contribution is -2.41. The zero-order valence-electron chi connectivity index (χ0n) is 15.4. The number of primary amides is 1. The number of piperidine rings is 1. The van der Waals surface area contributed by atoms with Crippen LogP contribution in [0.3, 0.4) is 0 Å². The van der Waals surface area contributed by atoms with Gasteiger partial charge in [-0.3, -0.25) is 14.3 Å². The van der Waals surface area contributed by atoms with Crippen LogP contribution >= 0.6 is 0 Å². The number of nitrogens with zero attached hydrogens (tertiary/aromatic N) is 3. The predicted molar refractivity (Wildman–Crippen MR) is 102 cm³/mol. The van der Waals surface area contributed by atoms with Crippen molar-refractivity contribution in [3.05, 3.63) is 47.3 Å². The van der Waals surface area contributed by atoms with Gasteiger partial charge in [-0.15, -0.1) is 0 Å². The Morgan fingerprint density at radius 3 is 2.74 bits per heavy atom. The van der Waals surface area contributed by atoms with Crippen molar-refractivity contribution in [2.24, 2.45) is 11.7 Å². The maximum atomic E-state index is 12.3. The molecule has 142 valence electrons. The summed E-state index contributed by atoms with van der Waals surface area (Å²) in [6.07, 6.45) is 3.94. The maximum absolute atomic E-state index is 12.3. The minimum Gasteiger partial charge on any atom is -0.371 e. The number of amides is 2. The molecule has 3 N–H and O–H groups in total. The van der Waals surface area contributed by atoms with Crippen molar-refractivity contribution in [3.8, 4) is 0 Å². The number of hydrogen-bond donors (Lipinski definition) is 2. The van der Waals surface area contributed by atoms with E-state index in [1.807, 2.05) is 35.0 Å². The van der Waals surface area contributed by atoms with E-state index in [9.17, 15) is 9.59 Å². The fourth-order valence-electron chi connectivity index (χ4n) is 3.91. The highest BCUT2D eigenvalue weighted by molar-refractivity contribution is 5.92. The number of nitrogens with two attached hydrogens (primary N) is 1. The van der Waals surface area contributed by atoms with Crippen molar-refractivity contribution in [3.63, 3.8) is 0 Å². The molecule has 2 amide bonds. The van der Waals surface area contributed by atoms with Crippen molar-refractivity contribution in [2.75, 3.05) is 18.0 Å². The number of carbonyl (C=O) groups is 2. The Morgan fingerprint density at radius 2 is 2.00 bits per heavy atom. The number of fused-ring (bicyclic) bond motifs is 1. The van der Waals surface area contributed by atoms with Gasteiger partial charge in [0.1, 0.15) is 5.69 Å². The maximum Gasteiger partial charge on any atom is 0.272 e. The van der Waals surface area contributed by atoms with E-state index in [0.717, 1.165) is 55.7 Å². The molecule has 0 saturated carbocycles. The van der Waals surface area contributed by atoms with Crippen LogP contribution < -0.4 is 16.0 Å². The summed E-state index contributed by atoms with van der Waals surface area (Å²) >= 11 is 0. The Morgan fingerprint density at radius 1 is 1.19 bits per heavy atom.